The smallest absolute Gasteiger partial charge is 0.306 e. The molecule has 0 aromatic rings. The van der Waals surface area contributed by atoms with E-state index >= 15 is 0 Å². The molecule has 0 radical (unpaired) electrons. The Labute approximate surface area is 260 Å². The highest BCUT2D eigenvalue weighted by molar-refractivity contribution is 5.70. The summed E-state index contributed by atoms with van der Waals surface area (Å²) in [4.78, 5) is 24.1. The number of hydrogen-bond donors (Lipinski definition) is 1. The highest BCUT2D eigenvalue weighted by Gasteiger charge is 2.16. The van der Waals surface area contributed by atoms with Crippen molar-refractivity contribution < 1.29 is 24.2 Å². The van der Waals surface area contributed by atoms with E-state index in [1.54, 1.807) is 0 Å². The van der Waals surface area contributed by atoms with Crippen LogP contribution in [0.2, 0.25) is 0 Å². The van der Waals surface area contributed by atoms with E-state index in [9.17, 15) is 14.7 Å². The lowest BCUT2D eigenvalue weighted by molar-refractivity contribution is -0.161. The van der Waals surface area contributed by atoms with Gasteiger partial charge in [0.15, 0.2) is 6.10 Å². The summed E-state index contributed by atoms with van der Waals surface area (Å²) in [5.74, 6) is -0.607. The van der Waals surface area contributed by atoms with Gasteiger partial charge >= 0.3 is 11.9 Å². The Morgan fingerprint density at radius 1 is 0.524 bits per heavy atom. The second-order valence-corrected chi connectivity index (χ2v) is 11.9. The molecule has 246 valence electrons. The minimum atomic E-state index is -0.771. The lowest BCUT2D eigenvalue weighted by atomic mass is 10.1. The molecule has 1 atom stereocenters. The maximum absolute atomic E-state index is 12.1. The Balaban J connectivity index is 3.55. The Morgan fingerprint density at radius 2 is 0.929 bits per heavy atom. The number of hydrogen-bond acceptors (Lipinski definition) is 5. The molecule has 0 aliphatic carbocycles. The molecule has 5 heteroatoms. The Bertz CT molecular complexity index is 642. The van der Waals surface area contributed by atoms with Gasteiger partial charge in [0, 0.05) is 12.8 Å². The van der Waals surface area contributed by atoms with Gasteiger partial charge in [0.1, 0.15) is 6.61 Å². The van der Waals surface area contributed by atoms with Crippen LogP contribution in [0.1, 0.15) is 181 Å². The van der Waals surface area contributed by atoms with E-state index in [-0.39, 0.29) is 25.2 Å². The van der Waals surface area contributed by atoms with Gasteiger partial charge in [0.25, 0.3) is 0 Å². The van der Waals surface area contributed by atoms with Crippen LogP contribution in [0.15, 0.2) is 24.3 Å². The zero-order valence-electron chi connectivity index (χ0n) is 27.8. The molecule has 1 N–H and O–H groups in total. The van der Waals surface area contributed by atoms with Gasteiger partial charge in [-0.15, -0.1) is 0 Å². The van der Waals surface area contributed by atoms with Crippen LogP contribution in [0.3, 0.4) is 0 Å². The first-order valence-electron chi connectivity index (χ1n) is 17.9. The first-order valence-corrected chi connectivity index (χ1v) is 17.9. The molecule has 0 saturated carbocycles. The highest BCUT2D eigenvalue weighted by Crippen LogP contribution is 2.13. The fourth-order valence-corrected chi connectivity index (χ4v) is 4.96. The molecule has 0 saturated heterocycles. The fourth-order valence-electron chi connectivity index (χ4n) is 4.96. The van der Waals surface area contributed by atoms with Crippen LogP contribution < -0.4 is 0 Å². The van der Waals surface area contributed by atoms with Crippen molar-refractivity contribution in [3.8, 4) is 0 Å². The standard InChI is InChI=1S/C37H68O5/c1-3-5-7-9-11-13-15-16-17-18-19-20-21-22-24-26-28-30-32-37(40)42-35(33-38)34-41-36(39)31-29-27-25-23-14-12-10-8-6-4-2/h8,10,17-18,35,38H,3-7,9,11-16,19-34H2,1-2H3/b10-8-,18-17-. The molecule has 0 aliphatic rings. The van der Waals surface area contributed by atoms with Gasteiger partial charge in [-0.1, -0.05) is 134 Å². The number of aliphatic hydroxyl groups is 1. The summed E-state index contributed by atoms with van der Waals surface area (Å²) in [6.45, 7) is 4.05. The summed E-state index contributed by atoms with van der Waals surface area (Å²) in [5, 5.41) is 9.50. The predicted octanol–water partition coefficient (Wildman–Crippen LogP) is 10.7. The van der Waals surface area contributed by atoms with E-state index in [2.05, 4.69) is 38.2 Å². The molecule has 0 aromatic heterocycles. The van der Waals surface area contributed by atoms with Crippen molar-refractivity contribution in [3.63, 3.8) is 0 Å². The maximum Gasteiger partial charge on any atom is 0.306 e. The lowest BCUT2D eigenvalue weighted by Crippen LogP contribution is -2.28. The molecular weight excluding hydrogens is 524 g/mol. The second kappa shape index (κ2) is 33.9. The third-order valence-electron chi connectivity index (χ3n) is 7.70. The van der Waals surface area contributed by atoms with Crippen molar-refractivity contribution in [1.29, 1.82) is 0 Å². The maximum atomic E-state index is 12.1. The number of ether oxygens (including phenoxy) is 2. The van der Waals surface area contributed by atoms with Gasteiger partial charge in [0.2, 0.25) is 0 Å². The molecule has 0 rings (SSSR count). The number of allylic oxidation sites excluding steroid dienone is 4. The summed E-state index contributed by atoms with van der Waals surface area (Å²) in [6.07, 6.45) is 38.1. The van der Waals surface area contributed by atoms with Crippen LogP contribution in [0.5, 0.6) is 0 Å². The Hall–Kier alpha value is -1.62. The van der Waals surface area contributed by atoms with Crippen molar-refractivity contribution in [2.24, 2.45) is 0 Å². The monoisotopic (exact) mass is 593 g/mol. The highest BCUT2D eigenvalue weighted by atomic mass is 16.6. The molecule has 0 aromatic carbocycles. The van der Waals surface area contributed by atoms with Gasteiger partial charge in [-0.3, -0.25) is 9.59 Å². The van der Waals surface area contributed by atoms with Crippen LogP contribution in [0.25, 0.3) is 0 Å². The van der Waals surface area contributed by atoms with Crippen molar-refractivity contribution in [3.05, 3.63) is 24.3 Å². The third kappa shape index (κ3) is 31.3. The number of esters is 2. The van der Waals surface area contributed by atoms with E-state index < -0.39 is 6.10 Å². The number of carbonyl (C=O) groups is 2. The number of rotatable bonds is 32. The Kier molecular flexibility index (Phi) is 32.6. The third-order valence-corrected chi connectivity index (χ3v) is 7.70. The molecule has 42 heavy (non-hydrogen) atoms. The first kappa shape index (κ1) is 40.4. The van der Waals surface area contributed by atoms with Crippen molar-refractivity contribution in [2.75, 3.05) is 13.2 Å². The summed E-state index contributed by atoms with van der Waals surface area (Å²) in [7, 11) is 0. The van der Waals surface area contributed by atoms with E-state index in [4.69, 9.17) is 9.47 Å². The van der Waals surface area contributed by atoms with Gasteiger partial charge < -0.3 is 14.6 Å². The number of unbranched alkanes of at least 4 members (excludes halogenated alkanes) is 20. The quantitative estimate of drug-likeness (QED) is 0.0478. The first-order chi connectivity index (χ1) is 20.6. The molecule has 0 amide bonds. The predicted molar refractivity (Wildman–Crippen MR) is 178 cm³/mol. The largest absolute Gasteiger partial charge is 0.462 e. The fraction of sp³-hybridized carbons (Fsp3) is 0.838. The van der Waals surface area contributed by atoms with Crippen LogP contribution >= 0.6 is 0 Å². The minimum Gasteiger partial charge on any atom is -0.462 e. The summed E-state index contributed by atoms with van der Waals surface area (Å²) < 4.78 is 10.5. The molecule has 1 unspecified atom stereocenters. The van der Waals surface area contributed by atoms with Crippen LogP contribution in [-0.2, 0) is 19.1 Å². The van der Waals surface area contributed by atoms with Gasteiger partial charge in [-0.2, -0.15) is 0 Å². The SMILES string of the molecule is CCC/C=C\CCCCCCCC(=O)OCC(CO)OC(=O)CCCCCCCCC/C=C\CCCCCCCCC. The van der Waals surface area contributed by atoms with Crippen LogP contribution in [0, 0.1) is 0 Å². The van der Waals surface area contributed by atoms with Gasteiger partial charge in [-0.25, -0.2) is 0 Å². The average molecular weight is 593 g/mol. The minimum absolute atomic E-state index is 0.0700. The molecule has 0 aliphatic heterocycles. The van der Waals surface area contributed by atoms with Crippen LogP contribution in [0.4, 0.5) is 0 Å². The van der Waals surface area contributed by atoms with E-state index in [0.29, 0.717) is 12.8 Å². The molecular formula is C37H68O5. The molecule has 0 fully saturated rings. The normalized spacial score (nSPS) is 12.4. The molecule has 5 nitrogen and oxygen atoms in total. The van der Waals surface area contributed by atoms with E-state index in [0.717, 1.165) is 51.4 Å². The summed E-state index contributed by atoms with van der Waals surface area (Å²) >= 11 is 0. The number of carbonyl (C=O) groups excluding carboxylic acids is 2. The molecule has 0 spiro atoms. The van der Waals surface area contributed by atoms with E-state index in [1.807, 2.05) is 0 Å². The van der Waals surface area contributed by atoms with Crippen LogP contribution in [-0.4, -0.2) is 36.4 Å². The number of aliphatic hydroxyl groups excluding tert-OH is 1. The molecule has 0 heterocycles. The lowest BCUT2D eigenvalue weighted by Gasteiger charge is -2.15. The van der Waals surface area contributed by atoms with Gasteiger partial charge in [0.05, 0.1) is 6.61 Å². The summed E-state index contributed by atoms with van der Waals surface area (Å²) in [5.41, 5.74) is 0. The topological polar surface area (TPSA) is 72.8 Å². The van der Waals surface area contributed by atoms with E-state index in [1.165, 1.54) is 103 Å². The molecule has 0 bridgehead atoms. The zero-order chi connectivity index (χ0) is 30.8. The van der Waals surface area contributed by atoms with Gasteiger partial charge in [-0.05, 0) is 57.8 Å². The summed E-state index contributed by atoms with van der Waals surface area (Å²) in [6, 6.07) is 0. The van der Waals surface area contributed by atoms with Crippen molar-refractivity contribution in [1.82, 2.24) is 0 Å². The zero-order valence-corrected chi connectivity index (χ0v) is 27.8. The Morgan fingerprint density at radius 3 is 1.38 bits per heavy atom. The second-order valence-electron chi connectivity index (χ2n) is 11.9. The average Bonchev–Trinajstić information content (AvgIpc) is 2.99. The van der Waals surface area contributed by atoms with Crippen molar-refractivity contribution >= 4 is 11.9 Å². The van der Waals surface area contributed by atoms with Crippen molar-refractivity contribution in [2.45, 2.75) is 187 Å².